The molecule has 2 nitrogen and oxygen atoms in total. The molecule has 0 spiro atoms. The number of fused-ring (bicyclic) bond motifs is 1. The van der Waals surface area contributed by atoms with Crippen LogP contribution in [-0.2, 0) is 12.3 Å². The van der Waals surface area contributed by atoms with Crippen molar-refractivity contribution in [1.82, 2.24) is 5.32 Å². The number of hydrogen-bond donors (Lipinski definition) is 1. The molecule has 1 N–H and O–H groups in total. The van der Waals surface area contributed by atoms with Crippen LogP contribution in [0.4, 0.5) is 0 Å². The summed E-state index contributed by atoms with van der Waals surface area (Å²) in [4.78, 5) is 13.8. The van der Waals surface area contributed by atoms with Gasteiger partial charge in [0.05, 0.1) is 0 Å². The second-order valence-corrected chi connectivity index (χ2v) is 7.67. The maximum Gasteiger partial charge on any atom is 0.251 e. The third kappa shape index (κ3) is 4.44. The Hall–Kier alpha value is -3.04. The van der Waals surface area contributed by atoms with E-state index in [-0.39, 0.29) is 5.91 Å². The molecule has 28 heavy (non-hydrogen) atoms. The fourth-order valence-electron chi connectivity index (χ4n) is 3.16. The normalized spacial score (nSPS) is 10.7. The fourth-order valence-corrected chi connectivity index (χ4v) is 4.04. The number of amides is 1. The van der Waals surface area contributed by atoms with Crippen LogP contribution in [0.25, 0.3) is 10.8 Å². The Morgan fingerprint density at radius 3 is 2.29 bits per heavy atom. The summed E-state index contributed by atoms with van der Waals surface area (Å²) in [7, 11) is 0. The molecular formula is C25H21NOS. The molecule has 4 aromatic carbocycles. The van der Waals surface area contributed by atoms with E-state index in [9.17, 15) is 4.79 Å². The predicted molar refractivity (Wildman–Crippen MR) is 118 cm³/mol. The van der Waals surface area contributed by atoms with Crippen molar-refractivity contribution in [2.45, 2.75) is 17.2 Å². The van der Waals surface area contributed by atoms with Gasteiger partial charge in [0.15, 0.2) is 0 Å². The highest BCUT2D eigenvalue weighted by molar-refractivity contribution is 7.98. The molecule has 0 saturated heterocycles. The van der Waals surface area contributed by atoms with Crippen molar-refractivity contribution >= 4 is 28.4 Å². The first-order chi connectivity index (χ1) is 13.8. The van der Waals surface area contributed by atoms with Gasteiger partial charge in [-0.25, -0.2) is 0 Å². The maximum absolute atomic E-state index is 12.5. The molecule has 0 radical (unpaired) electrons. The van der Waals surface area contributed by atoms with Gasteiger partial charge in [0.25, 0.3) is 5.91 Å². The molecule has 0 aliphatic heterocycles. The van der Waals surface area contributed by atoms with Crippen LogP contribution >= 0.6 is 11.8 Å². The first kappa shape index (κ1) is 18.3. The first-order valence-corrected chi connectivity index (χ1v) is 10.3. The lowest BCUT2D eigenvalue weighted by Crippen LogP contribution is -2.22. The summed E-state index contributed by atoms with van der Waals surface area (Å²) >= 11 is 1.80. The summed E-state index contributed by atoms with van der Waals surface area (Å²) in [5.74, 6) is 0.845. The second-order valence-electron chi connectivity index (χ2n) is 6.62. The van der Waals surface area contributed by atoms with Crippen LogP contribution in [0.1, 0.15) is 21.5 Å². The minimum absolute atomic E-state index is 0.0461. The van der Waals surface area contributed by atoms with Crippen molar-refractivity contribution < 1.29 is 4.79 Å². The fraction of sp³-hybridized carbons (Fsp3) is 0.0800. The summed E-state index contributed by atoms with van der Waals surface area (Å²) in [5.41, 5.74) is 3.02. The SMILES string of the molecule is O=C(NCc1cccc2ccccc12)c1ccc(CSc2ccccc2)cc1. The average Bonchev–Trinajstić information content (AvgIpc) is 2.77. The Labute approximate surface area is 169 Å². The summed E-state index contributed by atoms with van der Waals surface area (Å²) in [6, 6.07) is 32.6. The van der Waals surface area contributed by atoms with Gasteiger partial charge in [-0.05, 0) is 46.2 Å². The first-order valence-electron chi connectivity index (χ1n) is 9.31. The van der Waals surface area contributed by atoms with Crippen LogP contribution in [0.3, 0.4) is 0 Å². The standard InChI is InChI=1S/C25H21NOS/c27-25(26-17-22-9-6-8-20-7-4-5-12-24(20)22)21-15-13-19(14-16-21)18-28-23-10-2-1-3-11-23/h1-16H,17-18H2,(H,26,27). The van der Waals surface area contributed by atoms with Crippen molar-refractivity contribution in [3.05, 3.63) is 114 Å². The molecule has 0 unspecified atom stereocenters. The highest BCUT2D eigenvalue weighted by atomic mass is 32.2. The maximum atomic E-state index is 12.5. The van der Waals surface area contributed by atoms with E-state index in [1.165, 1.54) is 21.2 Å². The summed E-state index contributed by atoms with van der Waals surface area (Å²) in [6.45, 7) is 0.520. The average molecular weight is 384 g/mol. The van der Waals surface area contributed by atoms with Crippen LogP contribution in [0, 0.1) is 0 Å². The molecule has 0 saturated carbocycles. The van der Waals surface area contributed by atoms with Gasteiger partial charge in [-0.15, -0.1) is 11.8 Å². The van der Waals surface area contributed by atoms with E-state index < -0.39 is 0 Å². The predicted octanol–water partition coefficient (Wildman–Crippen LogP) is 6.06. The van der Waals surface area contributed by atoms with E-state index in [1.807, 2.05) is 60.7 Å². The molecule has 0 aromatic heterocycles. The van der Waals surface area contributed by atoms with Crippen LogP contribution in [-0.4, -0.2) is 5.91 Å². The van der Waals surface area contributed by atoms with E-state index in [0.717, 1.165) is 11.3 Å². The van der Waals surface area contributed by atoms with Crippen molar-refractivity contribution in [3.8, 4) is 0 Å². The number of carbonyl (C=O) groups is 1. The molecule has 0 heterocycles. The number of carbonyl (C=O) groups excluding carboxylic acids is 1. The topological polar surface area (TPSA) is 29.1 Å². The number of rotatable bonds is 6. The van der Waals surface area contributed by atoms with Gasteiger partial charge >= 0.3 is 0 Å². The monoisotopic (exact) mass is 383 g/mol. The molecule has 138 valence electrons. The van der Waals surface area contributed by atoms with E-state index >= 15 is 0 Å². The van der Waals surface area contributed by atoms with Crippen molar-refractivity contribution in [2.24, 2.45) is 0 Å². The van der Waals surface area contributed by atoms with E-state index in [0.29, 0.717) is 12.1 Å². The summed E-state index contributed by atoms with van der Waals surface area (Å²) in [6.07, 6.45) is 0. The van der Waals surface area contributed by atoms with Gasteiger partial charge < -0.3 is 5.32 Å². The lowest BCUT2D eigenvalue weighted by atomic mass is 10.0. The molecule has 0 fully saturated rings. The Balaban J connectivity index is 1.37. The zero-order chi connectivity index (χ0) is 19.2. The highest BCUT2D eigenvalue weighted by Crippen LogP contribution is 2.22. The largest absolute Gasteiger partial charge is 0.348 e. The Morgan fingerprint density at radius 1 is 0.750 bits per heavy atom. The van der Waals surface area contributed by atoms with Crippen LogP contribution in [0.15, 0.2) is 102 Å². The van der Waals surface area contributed by atoms with Crippen molar-refractivity contribution in [1.29, 1.82) is 0 Å². The van der Waals surface area contributed by atoms with E-state index in [4.69, 9.17) is 0 Å². The van der Waals surface area contributed by atoms with Crippen LogP contribution in [0.5, 0.6) is 0 Å². The number of nitrogens with one attached hydrogen (secondary N) is 1. The molecule has 0 bridgehead atoms. The lowest BCUT2D eigenvalue weighted by Gasteiger charge is -2.09. The minimum atomic E-state index is -0.0461. The van der Waals surface area contributed by atoms with Gasteiger partial charge in [0.2, 0.25) is 0 Å². The lowest BCUT2D eigenvalue weighted by molar-refractivity contribution is 0.0951. The molecular weight excluding hydrogens is 362 g/mol. The Morgan fingerprint density at radius 2 is 1.46 bits per heavy atom. The third-order valence-electron chi connectivity index (χ3n) is 4.68. The molecule has 3 heteroatoms. The quantitative estimate of drug-likeness (QED) is 0.410. The van der Waals surface area contributed by atoms with Crippen molar-refractivity contribution in [2.75, 3.05) is 0 Å². The zero-order valence-electron chi connectivity index (χ0n) is 15.5. The third-order valence-corrected chi connectivity index (χ3v) is 5.77. The van der Waals surface area contributed by atoms with Gasteiger partial charge in [-0.3, -0.25) is 4.79 Å². The Kier molecular flexibility index (Phi) is 5.74. The van der Waals surface area contributed by atoms with Gasteiger partial charge in [0.1, 0.15) is 0 Å². The molecule has 1 amide bonds. The smallest absolute Gasteiger partial charge is 0.251 e. The van der Waals surface area contributed by atoms with Gasteiger partial charge in [0, 0.05) is 22.8 Å². The number of benzene rings is 4. The highest BCUT2D eigenvalue weighted by Gasteiger charge is 2.07. The zero-order valence-corrected chi connectivity index (χ0v) is 16.3. The molecule has 0 aliphatic carbocycles. The van der Waals surface area contributed by atoms with E-state index in [2.05, 4.69) is 41.7 Å². The van der Waals surface area contributed by atoms with Crippen LogP contribution < -0.4 is 5.32 Å². The number of thioether (sulfide) groups is 1. The number of hydrogen-bond acceptors (Lipinski definition) is 2. The van der Waals surface area contributed by atoms with Gasteiger partial charge in [-0.2, -0.15) is 0 Å². The molecule has 0 aliphatic rings. The van der Waals surface area contributed by atoms with E-state index in [1.54, 1.807) is 11.8 Å². The van der Waals surface area contributed by atoms with Crippen molar-refractivity contribution in [3.63, 3.8) is 0 Å². The summed E-state index contributed by atoms with van der Waals surface area (Å²) in [5, 5.41) is 5.41. The molecule has 4 rings (SSSR count). The summed E-state index contributed by atoms with van der Waals surface area (Å²) < 4.78 is 0. The van der Waals surface area contributed by atoms with Gasteiger partial charge in [-0.1, -0.05) is 72.8 Å². The minimum Gasteiger partial charge on any atom is -0.348 e. The van der Waals surface area contributed by atoms with Crippen LogP contribution in [0.2, 0.25) is 0 Å². The second kappa shape index (κ2) is 8.77. The molecule has 4 aromatic rings. The molecule has 0 atom stereocenters. The Bertz CT molecular complexity index is 1070.